The Labute approximate surface area is 154 Å². The highest BCUT2D eigenvalue weighted by Crippen LogP contribution is 2.32. The number of nitrogens with one attached hydrogen (secondary N) is 1. The van der Waals surface area contributed by atoms with Gasteiger partial charge in [-0.1, -0.05) is 0 Å². The second-order valence-electron chi connectivity index (χ2n) is 7.90. The molecule has 5 rings (SSSR count). The van der Waals surface area contributed by atoms with Gasteiger partial charge in [0.2, 0.25) is 0 Å². The Morgan fingerprint density at radius 3 is 2.69 bits per heavy atom. The highest BCUT2D eigenvalue weighted by molar-refractivity contribution is 7.86. The predicted octanol–water partition coefficient (Wildman–Crippen LogP) is 0.631. The number of aryl methyl sites for hydroxylation is 1. The van der Waals surface area contributed by atoms with Crippen LogP contribution in [0.4, 0.5) is 0 Å². The molecular formula is C17H27N5O3S. The lowest BCUT2D eigenvalue weighted by Gasteiger charge is -2.36. The maximum atomic E-state index is 13.2. The van der Waals surface area contributed by atoms with Crippen LogP contribution in [0.25, 0.3) is 0 Å². The number of carbonyl (C=O) groups is 1. The van der Waals surface area contributed by atoms with Crippen molar-refractivity contribution in [1.29, 1.82) is 0 Å². The normalized spacial score (nSPS) is 26.8. The molecule has 1 aliphatic carbocycles. The van der Waals surface area contributed by atoms with Crippen LogP contribution in [0.3, 0.4) is 0 Å². The zero-order chi connectivity index (χ0) is 18.5. The molecule has 0 saturated carbocycles. The molecule has 2 atom stereocenters. The van der Waals surface area contributed by atoms with Gasteiger partial charge < -0.3 is 4.90 Å². The molecule has 0 aromatic carbocycles. The molecule has 26 heavy (non-hydrogen) atoms. The molecule has 3 aliphatic heterocycles. The molecule has 1 N–H and O–H groups in total. The van der Waals surface area contributed by atoms with Crippen LogP contribution in [0.15, 0.2) is 0 Å². The van der Waals surface area contributed by atoms with E-state index in [9.17, 15) is 13.2 Å². The van der Waals surface area contributed by atoms with E-state index in [4.69, 9.17) is 0 Å². The molecule has 2 unspecified atom stereocenters. The number of piperidine rings is 1. The van der Waals surface area contributed by atoms with E-state index >= 15 is 0 Å². The quantitative estimate of drug-likeness (QED) is 0.832. The van der Waals surface area contributed by atoms with Gasteiger partial charge in [-0.3, -0.25) is 9.89 Å². The number of hydrogen-bond acceptors (Lipinski definition) is 4. The van der Waals surface area contributed by atoms with Crippen molar-refractivity contribution in [2.24, 2.45) is 5.92 Å². The van der Waals surface area contributed by atoms with Crippen LogP contribution in [0.1, 0.15) is 47.4 Å². The molecule has 0 spiro atoms. The fourth-order valence-corrected chi connectivity index (χ4v) is 5.72. The molecule has 8 nitrogen and oxygen atoms in total. The van der Waals surface area contributed by atoms with Gasteiger partial charge in [-0.2, -0.15) is 22.1 Å². The van der Waals surface area contributed by atoms with E-state index in [-0.39, 0.29) is 17.9 Å². The first kappa shape index (κ1) is 17.9. The minimum absolute atomic E-state index is 0.0387. The van der Waals surface area contributed by atoms with Crippen LogP contribution in [0.5, 0.6) is 0 Å². The second-order valence-corrected chi connectivity index (χ2v) is 10.0. The van der Waals surface area contributed by atoms with Crippen LogP contribution in [0, 0.1) is 5.92 Å². The molecule has 1 aromatic rings. The summed E-state index contributed by atoms with van der Waals surface area (Å²) in [6.45, 7) is 1.47. The Bertz CT molecular complexity index is 803. The topological polar surface area (TPSA) is 89.6 Å². The van der Waals surface area contributed by atoms with Crippen LogP contribution < -0.4 is 0 Å². The summed E-state index contributed by atoms with van der Waals surface area (Å²) in [4.78, 5) is 15.1. The first-order chi connectivity index (χ1) is 12.4. The second kappa shape index (κ2) is 6.61. The monoisotopic (exact) mass is 381 g/mol. The summed E-state index contributed by atoms with van der Waals surface area (Å²) < 4.78 is 28.0. The lowest BCUT2D eigenvalue weighted by atomic mass is 9.92. The Hall–Kier alpha value is -1.45. The summed E-state index contributed by atoms with van der Waals surface area (Å²) >= 11 is 0. The lowest BCUT2D eigenvalue weighted by Crippen LogP contribution is -2.48. The Kier molecular flexibility index (Phi) is 4.56. The molecule has 1 amide bonds. The van der Waals surface area contributed by atoms with E-state index in [0.29, 0.717) is 25.3 Å². The van der Waals surface area contributed by atoms with E-state index < -0.39 is 10.2 Å². The molecule has 2 bridgehead atoms. The van der Waals surface area contributed by atoms with Gasteiger partial charge in [0.1, 0.15) is 0 Å². The van der Waals surface area contributed by atoms with E-state index in [2.05, 4.69) is 10.2 Å². The highest BCUT2D eigenvalue weighted by Gasteiger charge is 2.42. The van der Waals surface area contributed by atoms with Crippen molar-refractivity contribution in [3.8, 4) is 0 Å². The molecule has 1 aromatic heterocycles. The van der Waals surface area contributed by atoms with Crippen molar-refractivity contribution < 1.29 is 13.2 Å². The third kappa shape index (κ3) is 2.95. The molecule has 144 valence electrons. The average molecular weight is 382 g/mol. The number of aromatic amines is 1. The molecule has 9 heteroatoms. The molecule has 4 aliphatic rings. The van der Waals surface area contributed by atoms with E-state index in [1.54, 1.807) is 18.4 Å². The van der Waals surface area contributed by atoms with E-state index in [1.807, 2.05) is 4.90 Å². The molecule has 0 radical (unpaired) electrons. The van der Waals surface area contributed by atoms with Gasteiger partial charge in [-0.15, -0.1) is 0 Å². The third-order valence-corrected chi connectivity index (χ3v) is 7.86. The van der Waals surface area contributed by atoms with Gasteiger partial charge in [0.05, 0.1) is 0 Å². The van der Waals surface area contributed by atoms with Gasteiger partial charge in [0.15, 0.2) is 5.69 Å². The Balaban J connectivity index is 1.59. The van der Waals surface area contributed by atoms with E-state index in [1.165, 1.54) is 4.31 Å². The van der Waals surface area contributed by atoms with Crippen LogP contribution in [-0.4, -0.2) is 77.8 Å². The van der Waals surface area contributed by atoms with Crippen molar-refractivity contribution in [2.45, 2.75) is 44.6 Å². The van der Waals surface area contributed by atoms with Crippen molar-refractivity contribution in [3.63, 3.8) is 0 Å². The highest BCUT2D eigenvalue weighted by atomic mass is 32.2. The number of carbonyl (C=O) groups excluding carboxylic acids is 1. The predicted molar refractivity (Wildman–Crippen MR) is 97.0 cm³/mol. The van der Waals surface area contributed by atoms with Gasteiger partial charge in [-0.05, 0) is 44.4 Å². The first-order valence-electron chi connectivity index (χ1n) is 9.42. The molecule has 3 fully saturated rings. The number of amides is 1. The minimum Gasteiger partial charge on any atom is -0.333 e. The zero-order valence-corrected chi connectivity index (χ0v) is 16.3. The molecular weight excluding hydrogens is 354 g/mol. The van der Waals surface area contributed by atoms with Crippen LogP contribution in [-0.2, 0) is 23.1 Å². The number of H-pyrrole nitrogens is 1. The number of rotatable bonds is 3. The summed E-state index contributed by atoms with van der Waals surface area (Å²) in [5.74, 6) is 0.144. The maximum absolute atomic E-state index is 13.2. The molecule has 3 saturated heterocycles. The third-order valence-electron chi connectivity index (χ3n) is 5.99. The summed E-state index contributed by atoms with van der Waals surface area (Å²) in [6.07, 6.45) is 5.89. The van der Waals surface area contributed by atoms with Gasteiger partial charge in [0, 0.05) is 51.0 Å². The van der Waals surface area contributed by atoms with Crippen molar-refractivity contribution in [2.75, 3.05) is 33.7 Å². The van der Waals surface area contributed by atoms with Crippen LogP contribution in [0.2, 0.25) is 0 Å². The van der Waals surface area contributed by atoms with Crippen LogP contribution >= 0.6 is 0 Å². The van der Waals surface area contributed by atoms with Crippen molar-refractivity contribution >= 4 is 16.1 Å². The zero-order valence-electron chi connectivity index (χ0n) is 15.4. The minimum atomic E-state index is -3.46. The standard InChI is InChI=1S/C17H27N5O3S/c1-20(2)26(24,25)21-9-12-7-8-13(11-21)22(10-12)17(23)16-14-5-3-4-6-15(14)18-19-16/h12-13H,3-11H2,1-2H3,(H,18,19). The van der Waals surface area contributed by atoms with Crippen molar-refractivity contribution in [3.05, 3.63) is 17.0 Å². The summed E-state index contributed by atoms with van der Waals surface area (Å²) in [5, 5.41) is 7.37. The van der Waals surface area contributed by atoms with Gasteiger partial charge in [0.25, 0.3) is 16.1 Å². The number of nitrogens with zero attached hydrogens (tertiary/aromatic N) is 4. The summed E-state index contributed by atoms with van der Waals surface area (Å²) in [7, 11) is -0.346. The van der Waals surface area contributed by atoms with E-state index in [0.717, 1.165) is 49.8 Å². The largest absolute Gasteiger partial charge is 0.333 e. The van der Waals surface area contributed by atoms with Crippen molar-refractivity contribution in [1.82, 2.24) is 23.7 Å². The first-order valence-corrected chi connectivity index (χ1v) is 10.8. The summed E-state index contributed by atoms with van der Waals surface area (Å²) in [5.41, 5.74) is 2.71. The fourth-order valence-electron chi connectivity index (χ4n) is 4.50. The lowest BCUT2D eigenvalue weighted by molar-refractivity contribution is 0.0581. The Morgan fingerprint density at radius 1 is 1.15 bits per heavy atom. The smallest absolute Gasteiger partial charge is 0.281 e. The SMILES string of the molecule is CN(C)S(=O)(=O)N1CC2CCC(C1)N(C(=O)c1n[nH]c3c1CCCC3)C2. The molecule has 4 heterocycles. The Morgan fingerprint density at radius 2 is 1.92 bits per heavy atom. The summed E-state index contributed by atoms with van der Waals surface area (Å²) in [6, 6.07) is -0.0769. The van der Waals surface area contributed by atoms with Gasteiger partial charge >= 0.3 is 0 Å². The number of aromatic nitrogens is 2. The average Bonchev–Trinajstić information content (AvgIpc) is 2.82. The van der Waals surface area contributed by atoms with Gasteiger partial charge in [-0.25, -0.2) is 0 Å². The number of fused-ring (bicyclic) bond motifs is 5. The fraction of sp³-hybridized carbons (Fsp3) is 0.765. The maximum Gasteiger partial charge on any atom is 0.281 e. The number of hydrogen-bond donors (Lipinski definition) is 1.